The highest BCUT2D eigenvalue weighted by atomic mass is 16.5. The van der Waals surface area contributed by atoms with Crippen LogP contribution in [0, 0.1) is 18.8 Å². The van der Waals surface area contributed by atoms with Crippen molar-refractivity contribution in [3.05, 3.63) is 35.3 Å². The molecule has 3 heteroatoms. The van der Waals surface area contributed by atoms with Gasteiger partial charge in [0.15, 0.2) is 6.10 Å². The van der Waals surface area contributed by atoms with Crippen LogP contribution in [0.1, 0.15) is 56.1 Å². The summed E-state index contributed by atoms with van der Waals surface area (Å²) < 4.78 is 11.4. The third-order valence-corrected chi connectivity index (χ3v) is 3.67. The number of esters is 1. The predicted octanol–water partition coefficient (Wildman–Crippen LogP) is 3.91. The molecule has 0 unspecified atom stereocenters. The summed E-state index contributed by atoms with van der Waals surface area (Å²) in [5.41, 5.74) is 2.03. The van der Waals surface area contributed by atoms with Gasteiger partial charge in [-0.05, 0) is 38.3 Å². The zero-order valence-corrected chi connectivity index (χ0v) is 13.0. The highest BCUT2D eigenvalue weighted by Gasteiger charge is 2.29. The lowest BCUT2D eigenvalue weighted by Crippen LogP contribution is -2.23. The lowest BCUT2D eigenvalue weighted by atomic mass is 9.92. The van der Waals surface area contributed by atoms with Gasteiger partial charge < -0.3 is 9.15 Å². The average molecular weight is 286 g/mol. The Labute approximate surface area is 126 Å². The number of rotatable bonds is 2. The molecule has 2 rings (SSSR count). The van der Waals surface area contributed by atoms with Crippen LogP contribution in [0.5, 0.6) is 0 Å². The minimum Gasteiger partial charge on any atom is -0.465 e. The molecule has 2 atom stereocenters. The zero-order chi connectivity index (χ0) is 15.4. The summed E-state index contributed by atoms with van der Waals surface area (Å²) in [6, 6.07) is 2.02. The molecule has 112 valence electrons. The molecule has 0 N–H and O–H groups in total. The quantitative estimate of drug-likeness (QED) is 0.470. The maximum Gasteiger partial charge on any atom is 0.303 e. The summed E-state index contributed by atoms with van der Waals surface area (Å²) in [5, 5.41) is 0. The van der Waals surface area contributed by atoms with Gasteiger partial charge in [-0.1, -0.05) is 24.0 Å². The van der Waals surface area contributed by atoms with E-state index in [1.807, 2.05) is 13.0 Å². The third-order valence-electron chi connectivity index (χ3n) is 3.67. The van der Waals surface area contributed by atoms with Crippen molar-refractivity contribution < 1.29 is 13.9 Å². The van der Waals surface area contributed by atoms with Crippen molar-refractivity contribution >= 4 is 5.97 Å². The van der Waals surface area contributed by atoms with Crippen LogP contribution in [0.2, 0.25) is 0 Å². The van der Waals surface area contributed by atoms with Gasteiger partial charge in [0.2, 0.25) is 0 Å². The Hall–Kier alpha value is -1.95. The monoisotopic (exact) mass is 286 g/mol. The molecule has 1 aliphatic rings. The minimum atomic E-state index is -0.531. The summed E-state index contributed by atoms with van der Waals surface area (Å²) >= 11 is 0. The fraction of sp³-hybridized carbons (Fsp3) is 0.500. The van der Waals surface area contributed by atoms with Gasteiger partial charge in [-0.3, -0.25) is 4.79 Å². The number of hydrogen-bond donors (Lipinski definition) is 0. The number of aryl methyl sites for hydroxylation is 2. The van der Waals surface area contributed by atoms with E-state index in [1.165, 1.54) is 6.92 Å². The number of ether oxygens (including phenoxy) is 1. The van der Waals surface area contributed by atoms with E-state index in [-0.39, 0.29) is 11.9 Å². The van der Waals surface area contributed by atoms with Crippen LogP contribution in [-0.4, -0.2) is 12.1 Å². The molecule has 1 aromatic rings. The lowest BCUT2D eigenvalue weighted by molar-refractivity contribution is -0.144. The molecule has 0 fully saturated rings. The minimum absolute atomic E-state index is 0.216. The van der Waals surface area contributed by atoms with Crippen molar-refractivity contribution in [3.63, 3.8) is 0 Å². The number of carbonyl (C=O) groups is 1. The number of furan rings is 1. The summed E-state index contributed by atoms with van der Waals surface area (Å²) in [6.45, 7) is 9.40. The Kier molecular flexibility index (Phi) is 4.90. The van der Waals surface area contributed by atoms with Gasteiger partial charge in [-0.25, -0.2) is 0 Å². The molecule has 0 amide bonds. The van der Waals surface area contributed by atoms with Crippen LogP contribution in [0.3, 0.4) is 0 Å². The lowest BCUT2D eigenvalue weighted by Gasteiger charge is -2.21. The Morgan fingerprint density at radius 3 is 2.86 bits per heavy atom. The molecule has 1 aliphatic heterocycles. The first kappa shape index (κ1) is 15.4. The summed E-state index contributed by atoms with van der Waals surface area (Å²) in [6.07, 6.45) is 3.28. The number of hydrogen-bond acceptors (Lipinski definition) is 3. The zero-order valence-electron chi connectivity index (χ0n) is 13.0. The Morgan fingerprint density at radius 1 is 1.43 bits per heavy atom. The van der Waals surface area contributed by atoms with Crippen LogP contribution in [0.25, 0.3) is 0 Å². The molecular formula is C18H22O3. The normalized spacial score (nSPS) is 21.7. The first-order valence-electron chi connectivity index (χ1n) is 7.39. The van der Waals surface area contributed by atoms with E-state index in [4.69, 9.17) is 9.15 Å². The second kappa shape index (κ2) is 6.67. The van der Waals surface area contributed by atoms with Crippen molar-refractivity contribution in [1.29, 1.82) is 0 Å². The van der Waals surface area contributed by atoms with E-state index in [2.05, 4.69) is 25.3 Å². The maximum atomic E-state index is 11.4. The molecular weight excluding hydrogens is 264 g/mol. The van der Waals surface area contributed by atoms with Crippen molar-refractivity contribution in [2.45, 2.75) is 58.5 Å². The highest BCUT2D eigenvalue weighted by molar-refractivity contribution is 5.66. The topological polar surface area (TPSA) is 39.4 Å². The van der Waals surface area contributed by atoms with E-state index in [9.17, 15) is 4.79 Å². The predicted molar refractivity (Wildman–Crippen MR) is 81.9 cm³/mol. The second-order valence-corrected chi connectivity index (χ2v) is 5.64. The van der Waals surface area contributed by atoms with E-state index >= 15 is 0 Å². The molecule has 0 saturated carbocycles. The van der Waals surface area contributed by atoms with E-state index < -0.39 is 6.10 Å². The van der Waals surface area contributed by atoms with Gasteiger partial charge in [0, 0.05) is 19.8 Å². The SMILES string of the molecule is C=C(C)[C@H]1c2cc(C)c(o2)CCCCC#C[C@@H]1OC(C)=O. The smallest absolute Gasteiger partial charge is 0.303 e. The van der Waals surface area contributed by atoms with Gasteiger partial charge in [0.1, 0.15) is 11.5 Å². The van der Waals surface area contributed by atoms with E-state index in [0.717, 1.165) is 48.3 Å². The van der Waals surface area contributed by atoms with Crippen molar-refractivity contribution in [2.24, 2.45) is 0 Å². The van der Waals surface area contributed by atoms with Crippen LogP contribution in [0.15, 0.2) is 22.6 Å². The van der Waals surface area contributed by atoms with Gasteiger partial charge in [0.05, 0.1) is 5.92 Å². The third kappa shape index (κ3) is 3.78. The molecule has 2 bridgehead atoms. The Balaban J connectivity index is 2.46. The Morgan fingerprint density at radius 2 is 2.19 bits per heavy atom. The van der Waals surface area contributed by atoms with E-state index in [1.54, 1.807) is 0 Å². The first-order chi connectivity index (χ1) is 9.99. The molecule has 1 aromatic heterocycles. The molecule has 0 saturated heterocycles. The summed E-state index contributed by atoms with van der Waals surface area (Å²) in [4.78, 5) is 11.4. The Bertz CT molecular complexity index is 598. The molecule has 0 spiro atoms. The molecule has 0 aliphatic carbocycles. The number of fused-ring (bicyclic) bond motifs is 2. The largest absolute Gasteiger partial charge is 0.465 e. The summed E-state index contributed by atoms with van der Waals surface area (Å²) in [5.74, 6) is 7.46. The standard InChI is InChI=1S/C18H22O3/c1-12(2)18-16(20-14(4)19)10-8-6-5-7-9-15-13(3)11-17(18)21-15/h11,16,18H,1,5-7,9H2,2-4H3/t16-,18+/m0/s1. The van der Waals surface area contributed by atoms with Gasteiger partial charge in [-0.15, -0.1) is 0 Å². The van der Waals surface area contributed by atoms with Gasteiger partial charge in [0.25, 0.3) is 0 Å². The van der Waals surface area contributed by atoms with Crippen molar-refractivity contribution in [1.82, 2.24) is 0 Å². The fourth-order valence-corrected chi connectivity index (χ4v) is 2.63. The second-order valence-electron chi connectivity index (χ2n) is 5.64. The van der Waals surface area contributed by atoms with E-state index in [0.29, 0.717) is 0 Å². The molecule has 0 aromatic carbocycles. The van der Waals surface area contributed by atoms with Crippen LogP contribution >= 0.6 is 0 Å². The molecule has 3 nitrogen and oxygen atoms in total. The molecule has 2 heterocycles. The highest BCUT2D eigenvalue weighted by Crippen LogP contribution is 2.32. The van der Waals surface area contributed by atoms with Gasteiger partial charge in [-0.2, -0.15) is 0 Å². The van der Waals surface area contributed by atoms with Crippen LogP contribution < -0.4 is 0 Å². The maximum absolute atomic E-state index is 11.4. The molecule has 21 heavy (non-hydrogen) atoms. The van der Waals surface area contributed by atoms with Crippen molar-refractivity contribution in [2.75, 3.05) is 0 Å². The number of carbonyl (C=O) groups excluding carboxylic acids is 1. The van der Waals surface area contributed by atoms with Crippen LogP contribution in [-0.2, 0) is 16.0 Å². The fourth-order valence-electron chi connectivity index (χ4n) is 2.63. The average Bonchev–Trinajstić information content (AvgIpc) is 2.70. The first-order valence-corrected chi connectivity index (χ1v) is 7.39. The van der Waals surface area contributed by atoms with Gasteiger partial charge >= 0.3 is 5.97 Å². The molecule has 0 radical (unpaired) electrons. The van der Waals surface area contributed by atoms with Crippen LogP contribution in [0.4, 0.5) is 0 Å². The summed E-state index contributed by atoms with van der Waals surface area (Å²) in [7, 11) is 0. The van der Waals surface area contributed by atoms with Crippen molar-refractivity contribution in [3.8, 4) is 11.8 Å².